The zero-order chi connectivity index (χ0) is 18.8. The molecule has 1 rings (SSSR count). The van der Waals surface area contributed by atoms with Crippen molar-refractivity contribution in [3.05, 3.63) is 29.8 Å². The lowest BCUT2D eigenvalue weighted by Gasteiger charge is -2.36. The van der Waals surface area contributed by atoms with Crippen molar-refractivity contribution in [3.8, 4) is 5.75 Å². The summed E-state index contributed by atoms with van der Waals surface area (Å²) in [5.41, 5.74) is 1.02. The summed E-state index contributed by atoms with van der Waals surface area (Å²) in [5.74, 6) is 0.934. The highest BCUT2D eigenvalue weighted by Crippen LogP contribution is 2.38. The number of rotatable bonds is 5. The van der Waals surface area contributed by atoms with E-state index in [0.717, 1.165) is 11.3 Å². The highest BCUT2D eigenvalue weighted by atomic mass is 28.4. The Morgan fingerprint density at radius 1 is 0.792 bits per heavy atom. The Bertz CT molecular complexity index is 565. The molecular formula is C19H35NO2Si2. The van der Waals surface area contributed by atoms with Crippen LogP contribution in [0.1, 0.15) is 47.1 Å². The Hall–Kier alpha value is -1.08. The van der Waals surface area contributed by atoms with Gasteiger partial charge in [-0.1, -0.05) is 41.5 Å². The summed E-state index contributed by atoms with van der Waals surface area (Å²) in [6, 6.07) is 8.10. The van der Waals surface area contributed by atoms with Crippen molar-refractivity contribution in [3.63, 3.8) is 0 Å². The van der Waals surface area contributed by atoms with Crippen LogP contribution in [0.15, 0.2) is 29.4 Å². The Morgan fingerprint density at radius 2 is 1.25 bits per heavy atom. The topological polar surface area (TPSA) is 30.8 Å². The monoisotopic (exact) mass is 365 g/mol. The molecule has 0 saturated heterocycles. The lowest BCUT2D eigenvalue weighted by atomic mass is 10.2. The zero-order valence-electron chi connectivity index (χ0n) is 17.2. The van der Waals surface area contributed by atoms with E-state index < -0.39 is 16.6 Å². The molecule has 0 radical (unpaired) electrons. The number of nitrogens with zero attached hydrogens (tertiary/aromatic N) is 1. The van der Waals surface area contributed by atoms with Gasteiger partial charge in [-0.2, -0.15) is 0 Å². The fourth-order valence-electron chi connectivity index (χ4n) is 1.43. The lowest BCUT2D eigenvalue weighted by Crippen LogP contribution is -2.43. The predicted molar refractivity (Wildman–Crippen MR) is 110 cm³/mol. The number of oxime groups is 1. The van der Waals surface area contributed by atoms with Gasteiger partial charge in [-0.05, 0) is 66.1 Å². The summed E-state index contributed by atoms with van der Waals surface area (Å²) < 4.78 is 12.1. The van der Waals surface area contributed by atoms with Crippen molar-refractivity contribution in [1.82, 2.24) is 0 Å². The van der Waals surface area contributed by atoms with Crippen molar-refractivity contribution in [1.29, 1.82) is 0 Å². The molecule has 0 atom stereocenters. The maximum absolute atomic E-state index is 6.29. The van der Waals surface area contributed by atoms with Gasteiger partial charge in [0.2, 0.25) is 8.32 Å². The quantitative estimate of drug-likeness (QED) is 0.342. The molecular weight excluding hydrogens is 330 g/mol. The molecule has 1 aromatic carbocycles. The van der Waals surface area contributed by atoms with Crippen LogP contribution < -0.4 is 4.43 Å². The molecule has 0 bridgehead atoms. The van der Waals surface area contributed by atoms with Gasteiger partial charge >= 0.3 is 0 Å². The maximum atomic E-state index is 6.29. The van der Waals surface area contributed by atoms with Gasteiger partial charge in [0.25, 0.3) is 8.32 Å². The van der Waals surface area contributed by atoms with E-state index in [-0.39, 0.29) is 10.1 Å². The Morgan fingerprint density at radius 3 is 1.67 bits per heavy atom. The first-order valence-corrected chi connectivity index (χ1v) is 14.5. The molecule has 0 aliphatic rings. The third kappa shape index (κ3) is 5.48. The minimum Gasteiger partial charge on any atom is -0.544 e. The molecule has 136 valence electrons. The summed E-state index contributed by atoms with van der Waals surface area (Å²) >= 11 is 0. The molecule has 0 spiro atoms. The van der Waals surface area contributed by atoms with E-state index in [0.29, 0.717) is 0 Å². The fourth-order valence-corrected chi connectivity index (χ4v) is 3.05. The molecule has 0 aromatic heterocycles. The zero-order valence-corrected chi connectivity index (χ0v) is 19.2. The van der Waals surface area contributed by atoms with Gasteiger partial charge in [0, 0.05) is 0 Å². The summed E-state index contributed by atoms with van der Waals surface area (Å²) in [7, 11) is -3.63. The Kier molecular flexibility index (Phi) is 6.15. The minimum atomic E-state index is -1.84. The number of hydrogen-bond donors (Lipinski definition) is 0. The van der Waals surface area contributed by atoms with Gasteiger partial charge in [-0.3, -0.25) is 0 Å². The van der Waals surface area contributed by atoms with Crippen LogP contribution in [0.25, 0.3) is 0 Å². The fraction of sp³-hybridized carbons (Fsp3) is 0.632. The molecule has 0 aliphatic carbocycles. The first-order chi connectivity index (χ1) is 10.7. The van der Waals surface area contributed by atoms with Crippen LogP contribution in [0, 0.1) is 0 Å². The van der Waals surface area contributed by atoms with Crippen LogP contribution in [0.5, 0.6) is 5.75 Å². The summed E-state index contributed by atoms with van der Waals surface area (Å²) in [6.07, 6.45) is 1.79. The molecule has 0 saturated carbocycles. The summed E-state index contributed by atoms with van der Waals surface area (Å²) in [6.45, 7) is 22.3. The standard InChI is InChI=1S/C19H35NO2Si2/c1-18(2,3)23(7,8)21-17-13-11-16(12-14-17)15-20-22-24(9,10)19(4,5)6/h11-15H,1-10H3/b20-15-. The second-order valence-corrected chi connectivity index (χ2v) is 18.9. The highest BCUT2D eigenvalue weighted by Gasteiger charge is 2.40. The molecule has 0 N–H and O–H groups in total. The smallest absolute Gasteiger partial charge is 0.286 e. The van der Waals surface area contributed by atoms with E-state index in [4.69, 9.17) is 8.95 Å². The molecule has 0 heterocycles. The predicted octanol–water partition coefficient (Wildman–Crippen LogP) is 6.43. The van der Waals surface area contributed by atoms with Gasteiger partial charge < -0.3 is 8.95 Å². The van der Waals surface area contributed by atoms with Gasteiger partial charge in [0.05, 0.1) is 6.21 Å². The number of hydrogen-bond acceptors (Lipinski definition) is 3. The Balaban J connectivity index is 2.74. The second kappa shape index (κ2) is 7.04. The van der Waals surface area contributed by atoms with E-state index in [1.165, 1.54) is 0 Å². The highest BCUT2D eigenvalue weighted by molar-refractivity contribution is 6.75. The summed E-state index contributed by atoms with van der Waals surface area (Å²) in [4.78, 5) is 0. The van der Waals surface area contributed by atoms with Crippen LogP contribution in [0.2, 0.25) is 36.3 Å². The van der Waals surface area contributed by atoms with E-state index in [2.05, 4.69) is 72.9 Å². The first-order valence-electron chi connectivity index (χ1n) is 8.66. The van der Waals surface area contributed by atoms with Gasteiger partial charge in [-0.15, -0.1) is 5.16 Å². The van der Waals surface area contributed by atoms with E-state index >= 15 is 0 Å². The van der Waals surface area contributed by atoms with E-state index in [9.17, 15) is 0 Å². The van der Waals surface area contributed by atoms with Gasteiger partial charge in [0.1, 0.15) is 5.75 Å². The molecule has 0 amide bonds. The van der Waals surface area contributed by atoms with Crippen molar-refractivity contribution < 1.29 is 8.95 Å². The molecule has 0 fully saturated rings. The van der Waals surface area contributed by atoms with Crippen molar-refractivity contribution in [2.24, 2.45) is 5.16 Å². The number of benzene rings is 1. The van der Waals surface area contributed by atoms with Crippen LogP contribution in [0.4, 0.5) is 0 Å². The molecule has 0 unspecified atom stereocenters. The third-order valence-corrected chi connectivity index (χ3v) is 13.9. The van der Waals surface area contributed by atoms with Crippen LogP contribution in [-0.4, -0.2) is 22.8 Å². The maximum Gasteiger partial charge on any atom is 0.286 e. The summed E-state index contributed by atoms with van der Waals surface area (Å²) in [5, 5.41) is 4.58. The first kappa shape index (κ1) is 21.0. The third-order valence-electron chi connectivity index (χ3n) is 5.35. The molecule has 24 heavy (non-hydrogen) atoms. The van der Waals surface area contributed by atoms with Crippen molar-refractivity contribution >= 4 is 22.8 Å². The minimum absolute atomic E-state index is 0.158. The van der Waals surface area contributed by atoms with Crippen LogP contribution in [-0.2, 0) is 4.53 Å². The van der Waals surface area contributed by atoms with E-state index in [1.54, 1.807) is 6.21 Å². The van der Waals surface area contributed by atoms with Crippen molar-refractivity contribution in [2.75, 3.05) is 0 Å². The van der Waals surface area contributed by atoms with Gasteiger partial charge in [0.15, 0.2) is 0 Å². The average Bonchev–Trinajstić information content (AvgIpc) is 2.37. The van der Waals surface area contributed by atoms with Gasteiger partial charge in [-0.25, -0.2) is 0 Å². The van der Waals surface area contributed by atoms with Crippen LogP contribution >= 0.6 is 0 Å². The van der Waals surface area contributed by atoms with Crippen molar-refractivity contribution in [2.45, 2.75) is 77.8 Å². The molecule has 3 nitrogen and oxygen atoms in total. The molecule has 1 aromatic rings. The lowest BCUT2D eigenvalue weighted by molar-refractivity contribution is 0.310. The largest absolute Gasteiger partial charge is 0.544 e. The molecule has 5 heteroatoms. The second-order valence-electron chi connectivity index (χ2n) is 9.52. The van der Waals surface area contributed by atoms with Crippen LogP contribution in [0.3, 0.4) is 0 Å². The molecule has 0 aliphatic heterocycles. The SMILES string of the molecule is CC(C)(C)[Si](C)(C)O/N=C\c1ccc(O[Si](C)(C)C(C)(C)C)cc1. The van der Waals surface area contributed by atoms with E-state index in [1.807, 2.05) is 24.3 Å². The Labute approximate surface area is 150 Å². The normalized spacial score (nSPS) is 14.1. The average molecular weight is 366 g/mol.